The Kier molecular flexibility index (Phi) is 6.26. The number of allylic oxidation sites excluding steroid dienone is 3. The summed E-state index contributed by atoms with van der Waals surface area (Å²) in [5.74, 6) is -1.84. The highest BCUT2D eigenvalue weighted by Gasteiger charge is 2.62. The molecule has 0 spiro atoms. The molecule has 4 atom stereocenters. The van der Waals surface area contributed by atoms with E-state index in [2.05, 4.69) is 0 Å². The number of hydrogen-bond donors (Lipinski definition) is 0. The van der Waals surface area contributed by atoms with E-state index in [-0.39, 0.29) is 17.5 Å². The highest BCUT2D eigenvalue weighted by atomic mass is 35.5. The maximum absolute atomic E-state index is 13.7. The predicted molar refractivity (Wildman–Crippen MR) is 144 cm³/mol. The molecule has 0 unspecified atom stereocenters. The molecule has 1 heterocycles. The van der Waals surface area contributed by atoms with Crippen LogP contribution < -0.4 is 14.4 Å². The van der Waals surface area contributed by atoms with Gasteiger partial charge in [0, 0.05) is 11.8 Å². The molecule has 6 rings (SSSR count). The fourth-order valence-electron chi connectivity index (χ4n) is 6.24. The average Bonchev–Trinajstić information content (AvgIpc) is 3.58. The number of halogens is 4. The first kappa shape index (κ1) is 26.2. The van der Waals surface area contributed by atoms with Crippen LogP contribution in [0.3, 0.4) is 0 Å². The van der Waals surface area contributed by atoms with Crippen molar-refractivity contribution in [3.8, 4) is 11.5 Å². The van der Waals surface area contributed by atoms with Crippen molar-refractivity contribution in [3.05, 3.63) is 106 Å². The molecule has 2 amide bonds. The summed E-state index contributed by atoms with van der Waals surface area (Å²) in [4.78, 5) is 28.4. The second kappa shape index (κ2) is 9.55. The minimum Gasteiger partial charge on any atom is -0.497 e. The molecule has 2 bridgehead atoms. The molecule has 40 heavy (non-hydrogen) atoms. The van der Waals surface area contributed by atoms with E-state index in [9.17, 15) is 22.8 Å². The first-order valence-electron chi connectivity index (χ1n) is 12.6. The lowest BCUT2D eigenvalue weighted by molar-refractivity contribution is -0.137. The number of methoxy groups -OCH3 is 2. The Morgan fingerprint density at radius 2 is 1.25 bits per heavy atom. The minimum absolute atomic E-state index is 0.128. The van der Waals surface area contributed by atoms with Crippen molar-refractivity contribution < 1.29 is 32.2 Å². The van der Waals surface area contributed by atoms with Crippen LogP contribution >= 0.6 is 11.6 Å². The summed E-state index contributed by atoms with van der Waals surface area (Å²) in [5.41, 5.74) is 2.41. The van der Waals surface area contributed by atoms with Gasteiger partial charge in [0.05, 0.1) is 42.3 Å². The van der Waals surface area contributed by atoms with Crippen molar-refractivity contribution in [2.75, 3.05) is 19.1 Å². The number of nitrogens with zero attached hydrogens (tertiary/aromatic N) is 1. The number of imide groups is 1. The lowest BCUT2D eigenvalue weighted by Gasteiger charge is -2.22. The highest BCUT2D eigenvalue weighted by molar-refractivity contribution is 6.31. The molecular formula is C31H23ClF3NO4. The van der Waals surface area contributed by atoms with Gasteiger partial charge in [-0.2, -0.15) is 13.2 Å². The van der Waals surface area contributed by atoms with Gasteiger partial charge in [0.1, 0.15) is 11.5 Å². The van der Waals surface area contributed by atoms with Crippen molar-refractivity contribution in [1.82, 2.24) is 0 Å². The monoisotopic (exact) mass is 565 g/mol. The summed E-state index contributed by atoms with van der Waals surface area (Å²) in [6.07, 6.45) is -0.852. The maximum Gasteiger partial charge on any atom is 0.417 e. The molecule has 2 fully saturated rings. The zero-order valence-electron chi connectivity index (χ0n) is 21.4. The minimum atomic E-state index is -4.73. The second-order valence-electron chi connectivity index (χ2n) is 9.95. The van der Waals surface area contributed by atoms with E-state index in [0.29, 0.717) is 11.5 Å². The van der Waals surface area contributed by atoms with Gasteiger partial charge in [-0.3, -0.25) is 9.59 Å². The van der Waals surface area contributed by atoms with Crippen LogP contribution in [0.2, 0.25) is 5.02 Å². The third-order valence-electron chi connectivity index (χ3n) is 7.98. The van der Waals surface area contributed by atoms with Gasteiger partial charge in [0.2, 0.25) is 11.8 Å². The molecule has 2 aliphatic carbocycles. The van der Waals surface area contributed by atoms with Gasteiger partial charge < -0.3 is 9.47 Å². The Bertz CT molecular complexity index is 1490. The van der Waals surface area contributed by atoms with E-state index in [1.54, 1.807) is 14.2 Å². The molecule has 3 aliphatic rings. The van der Waals surface area contributed by atoms with E-state index in [4.69, 9.17) is 21.1 Å². The topological polar surface area (TPSA) is 55.8 Å². The summed E-state index contributed by atoms with van der Waals surface area (Å²) in [6.45, 7) is 0. The van der Waals surface area contributed by atoms with Gasteiger partial charge >= 0.3 is 6.18 Å². The van der Waals surface area contributed by atoms with Crippen molar-refractivity contribution >= 4 is 34.7 Å². The standard InChI is InChI=1S/C31H23ClF3NO4/c1-39-19-8-3-16(4-9-19)25(17-5-10-20(40-2)11-6-17)26-21-12-13-22(26)28-27(21)29(37)36(30(28)38)18-7-14-24(32)23(15-18)31(33,34)35/h3-15,21-22,27-28H,1-2H3/t21-,22-,27+,28+/m1/s1. The maximum atomic E-state index is 13.7. The van der Waals surface area contributed by atoms with Crippen LogP contribution in [-0.4, -0.2) is 26.0 Å². The Morgan fingerprint density at radius 1 is 0.775 bits per heavy atom. The molecule has 0 N–H and O–H groups in total. The van der Waals surface area contributed by atoms with E-state index in [1.807, 2.05) is 60.7 Å². The number of benzene rings is 3. The van der Waals surface area contributed by atoms with Crippen molar-refractivity contribution in [3.63, 3.8) is 0 Å². The molecule has 3 aromatic carbocycles. The van der Waals surface area contributed by atoms with Gasteiger partial charge in [-0.05, 0) is 64.7 Å². The number of rotatable bonds is 5. The van der Waals surface area contributed by atoms with E-state index >= 15 is 0 Å². The molecule has 9 heteroatoms. The van der Waals surface area contributed by atoms with Crippen LogP contribution in [0.5, 0.6) is 11.5 Å². The molecular weight excluding hydrogens is 543 g/mol. The number of alkyl halides is 3. The van der Waals surface area contributed by atoms with Crippen LogP contribution in [0.15, 0.2) is 84.5 Å². The van der Waals surface area contributed by atoms with Crippen LogP contribution in [0.4, 0.5) is 18.9 Å². The molecule has 1 aliphatic heterocycles. The number of fused-ring (bicyclic) bond motifs is 5. The second-order valence-corrected chi connectivity index (χ2v) is 10.4. The van der Waals surface area contributed by atoms with Gasteiger partial charge in [-0.1, -0.05) is 48.0 Å². The van der Waals surface area contributed by atoms with E-state index in [0.717, 1.165) is 39.3 Å². The third-order valence-corrected chi connectivity index (χ3v) is 8.30. The average molecular weight is 566 g/mol. The first-order valence-corrected chi connectivity index (χ1v) is 13.0. The lowest BCUT2D eigenvalue weighted by atomic mass is 9.85. The SMILES string of the molecule is COc1ccc(C(=C2[C@H]3C=C[C@H]2[C@@H]2C(=O)N(c4ccc(Cl)c(C(F)(F)F)c4)C(=O)[C@H]23)c2ccc(OC)cc2)cc1. The van der Waals surface area contributed by atoms with Crippen LogP contribution in [0, 0.1) is 23.7 Å². The Hall–Kier alpha value is -4.04. The number of carbonyl (C=O) groups is 2. The molecule has 1 saturated heterocycles. The van der Waals surface area contributed by atoms with E-state index in [1.165, 1.54) is 6.07 Å². The summed E-state index contributed by atoms with van der Waals surface area (Å²) >= 11 is 5.78. The van der Waals surface area contributed by atoms with Crippen molar-refractivity contribution in [2.24, 2.45) is 23.7 Å². The van der Waals surface area contributed by atoms with Crippen molar-refractivity contribution in [2.45, 2.75) is 6.18 Å². The van der Waals surface area contributed by atoms with Crippen LogP contribution in [0.25, 0.3) is 5.57 Å². The zero-order chi connectivity index (χ0) is 28.3. The quantitative estimate of drug-likeness (QED) is 0.252. The molecule has 204 valence electrons. The lowest BCUT2D eigenvalue weighted by Crippen LogP contribution is -2.33. The molecule has 0 radical (unpaired) electrons. The van der Waals surface area contributed by atoms with E-state index < -0.39 is 40.4 Å². The van der Waals surface area contributed by atoms with Gasteiger partial charge in [0.15, 0.2) is 0 Å². The predicted octanol–water partition coefficient (Wildman–Crippen LogP) is 6.80. The zero-order valence-corrected chi connectivity index (χ0v) is 22.2. The van der Waals surface area contributed by atoms with Gasteiger partial charge in [-0.15, -0.1) is 0 Å². The number of anilines is 1. The Labute approximate surface area is 233 Å². The number of amides is 2. The number of ether oxygens (including phenoxy) is 2. The van der Waals surface area contributed by atoms with Gasteiger partial charge in [-0.25, -0.2) is 4.90 Å². The Balaban J connectivity index is 1.45. The number of hydrogen-bond acceptors (Lipinski definition) is 4. The molecule has 0 aromatic heterocycles. The molecule has 5 nitrogen and oxygen atoms in total. The number of carbonyl (C=O) groups excluding carboxylic acids is 2. The molecule has 3 aromatic rings. The highest BCUT2D eigenvalue weighted by Crippen LogP contribution is 2.59. The summed E-state index contributed by atoms with van der Waals surface area (Å²) in [6, 6.07) is 18.2. The Morgan fingerprint density at radius 3 is 1.68 bits per heavy atom. The van der Waals surface area contributed by atoms with Crippen LogP contribution in [0.1, 0.15) is 16.7 Å². The molecule has 1 saturated carbocycles. The normalized spacial score (nSPS) is 23.1. The summed E-state index contributed by atoms with van der Waals surface area (Å²) in [5, 5.41) is -0.494. The summed E-state index contributed by atoms with van der Waals surface area (Å²) in [7, 11) is 3.17. The largest absolute Gasteiger partial charge is 0.497 e. The van der Waals surface area contributed by atoms with Gasteiger partial charge in [0.25, 0.3) is 0 Å². The van der Waals surface area contributed by atoms with Crippen molar-refractivity contribution in [1.29, 1.82) is 0 Å². The smallest absolute Gasteiger partial charge is 0.417 e. The first-order chi connectivity index (χ1) is 19.1. The fourth-order valence-corrected chi connectivity index (χ4v) is 6.46. The van der Waals surface area contributed by atoms with Crippen LogP contribution in [-0.2, 0) is 15.8 Å². The third kappa shape index (κ3) is 4.01. The summed E-state index contributed by atoms with van der Waals surface area (Å²) < 4.78 is 51.2. The fraction of sp³-hybridized carbons (Fsp3) is 0.226.